The molecule has 1 N–H and O–H groups in total. The third kappa shape index (κ3) is 4.47. The van der Waals surface area contributed by atoms with Crippen LogP contribution in [0.1, 0.15) is 15.9 Å². The van der Waals surface area contributed by atoms with Crippen molar-refractivity contribution in [2.24, 2.45) is 0 Å². The zero-order valence-corrected chi connectivity index (χ0v) is 17.7. The van der Waals surface area contributed by atoms with Gasteiger partial charge in [-0.1, -0.05) is 42.5 Å². The highest BCUT2D eigenvalue weighted by Crippen LogP contribution is 2.32. The molecule has 0 unspecified atom stereocenters. The molecule has 0 aliphatic carbocycles. The van der Waals surface area contributed by atoms with Gasteiger partial charge in [-0.05, 0) is 18.2 Å². The van der Waals surface area contributed by atoms with E-state index in [1.807, 2.05) is 30.3 Å². The Labute approximate surface area is 182 Å². The van der Waals surface area contributed by atoms with Gasteiger partial charge in [-0.25, -0.2) is 0 Å². The van der Waals surface area contributed by atoms with E-state index >= 15 is 0 Å². The topological polar surface area (TPSA) is 68.6 Å². The van der Waals surface area contributed by atoms with Crippen molar-refractivity contribution in [2.75, 3.05) is 51.3 Å². The second kappa shape index (κ2) is 9.50. The van der Waals surface area contributed by atoms with Gasteiger partial charge < -0.3 is 15.0 Å². The summed E-state index contributed by atoms with van der Waals surface area (Å²) in [6.45, 7) is 5.20. The highest BCUT2D eigenvalue weighted by atomic mass is 16.5. The highest BCUT2D eigenvalue weighted by molar-refractivity contribution is 6.05. The van der Waals surface area contributed by atoms with Crippen molar-refractivity contribution < 1.29 is 9.53 Å². The number of hydrogen-bond acceptors (Lipinski definition) is 5. The lowest BCUT2D eigenvalue weighted by molar-refractivity contribution is 0.0945. The summed E-state index contributed by atoms with van der Waals surface area (Å²) in [5.74, 6) is 0.283. The fourth-order valence-corrected chi connectivity index (χ4v) is 4.12. The largest absolute Gasteiger partial charge is 0.495 e. The highest BCUT2D eigenvalue weighted by Gasteiger charge is 2.20. The summed E-state index contributed by atoms with van der Waals surface area (Å²) in [4.78, 5) is 17.6. The molecule has 0 spiro atoms. The number of nitrogens with one attached hydrogen (secondary N) is 1. The molecule has 1 amide bonds. The first-order valence-corrected chi connectivity index (χ1v) is 10.5. The number of methoxy groups -OCH3 is 1. The Morgan fingerprint density at radius 1 is 1.03 bits per heavy atom. The van der Waals surface area contributed by atoms with Crippen LogP contribution >= 0.6 is 0 Å². The molecular formula is C25H26N4O2. The van der Waals surface area contributed by atoms with Crippen LogP contribution in [0.15, 0.2) is 60.7 Å². The number of piperazine rings is 1. The molecule has 3 aromatic carbocycles. The van der Waals surface area contributed by atoms with Gasteiger partial charge >= 0.3 is 0 Å². The minimum atomic E-state index is -0.220. The fourth-order valence-electron chi connectivity index (χ4n) is 4.12. The molecule has 0 bridgehead atoms. The SMILES string of the molecule is COc1c(C(=O)NCCN2CCN(c3ccccc3)CC2)cc(C#N)c2ccccc12. The lowest BCUT2D eigenvalue weighted by Crippen LogP contribution is -2.48. The van der Waals surface area contributed by atoms with Gasteiger partial charge in [-0.15, -0.1) is 0 Å². The Hall–Kier alpha value is -3.56. The van der Waals surface area contributed by atoms with Gasteiger partial charge in [0, 0.05) is 55.7 Å². The van der Waals surface area contributed by atoms with Gasteiger partial charge in [0.2, 0.25) is 0 Å². The molecular weight excluding hydrogens is 388 g/mol. The van der Waals surface area contributed by atoms with Crippen LogP contribution in [0.5, 0.6) is 5.75 Å². The normalized spacial score (nSPS) is 14.3. The van der Waals surface area contributed by atoms with Gasteiger partial charge in [0.1, 0.15) is 5.75 Å². The predicted molar refractivity (Wildman–Crippen MR) is 123 cm³/mol. The number of nitrogens with zero attached hydrogens (tertiary/aromatic N) is 3. The van der Waals surface area contributed by atoms with Crippen LogP contribution < -0.4 is 15.0 Å². The van der Waals surface area contributed by atoms with Crippen LogP contribution in [0.25, 0.3) is 10.8 Å². The molecule has 1 fully saturated rings. The molecule has 1 heterocycles. The summed E-state index contributed by atoms with van der Waals surface area (Å²) in [5, 5.41) is 14.1. The van der Waals surface area contributed by atoms with E-state index in [2.05, 4.69) is 45.5 Å². The molecule has 0 aromatic heterocycles. The maximum Gasteiger partial charge on any atom is 0.255 e. The molecule has 1 saturated heterocycles. The number of fused-ring (bicyclic) bond motifs is 1. The quantitative estimate of drug-likeness (QED) is 0.671. The third-order valence-corrected chi connectivity index (χ3v) is 5.77. The number of anilines is 1. The molecule has 0 radical (unpaired) electrons. The molecule has 1 aliphatic rings. The maximum absolute atomic E-state index is 12.9. The number of carbonyl (C=O) groups is 1. The number of para-hydroxylation sites is 1. The minimum absolute atomic E-state index is 0.220. The van der Waals surface area contributed by atoms with E-state index in [1.165, 1.54) is 5.69 Å². The molecule has 6 heteroatoms. The lowest BCUT2D eigenvalue weighted by atomic mass is 9.99. The third-order valence-electron chi connectivity index (χ3n) is 5.77. The molecule has 0 atom stereocenters. The maximum atomic E-state index is 12.9. The summed E-state index contributed by atoms with van der Waals surface area (Å²) < 4.78 is 5.54. The Morgan fingerprint density at radius 3 is 2.39 bits per heavy atom. The Morgan fingerprint density at radius 2 is 1.71 bits per heavy atom. The van der Waals surface area contributed by atoms with Crippen molar-refractivity contribution in [1.82, 2.24) is 10.2 Å². The summed E-state index contributed by atoms with van der Waals surface area (Å²) in [6.07, 6.45) is 0. The first kappa shape index (κ1) is 20.7. The van der Waals surface area contributed by atoms with Crippen LogP contribution in [0.2, 0.25) is 0 Å². The Balaban J connectivity index is 1.37. The van der Waals surface area contributed by atoms with Crippen molar-refractivity contribution in [2.45, 2.75) is 0 Å². The van der Waals surface area contributed by atoms with Gasteiger partial charge in [-0.2, -0.15) is 5.26 Å². The number of ether oxygens (including phenoxy) is 1. The zero-order valence-electron chi connectivity index (χ0n) is 17.7. The van der Waals surface area contributed by atoms with Crippen molar-refractivity contribution in [3.63, 3.8) is 0 Å². The van der Waals surface area contributed by atoms with E-state index in [1.54, 1.807) is 13.2 Å². The van der Waals surface area contributed by atoms with E-state index in [0.717, 1.165) is 43.5 Å². The van der Waals surface area contributed by atoms with Crippen LogP contribution in [0.3, 0.4) is 0 Å². The molecule has 31 heavy (non-hydrogen) atoms. The second-order valence-corrected chi connectivity index (χ2v) is 7.58. The average Bonchev–Trinajstić information content (AvgIpc) is 2.83. The van der Waals surface area contributed by atoms with Crippen LogP contribution in [0, 0.1) is 11.3 Å². The minimum Gasteiger partial charge on any atom is -0.495 e. The summed E-state index contributed by atoms with van der Waals surface area (Å²) in [5.41, 5.74) is 2.12. The molecule has 4 rings (SSSR count). The van der Waals surface area contributed by atoms with Crippen LogP contribution in [-0.2, 0) is 0 Å². The standard InChI is InChI=1S/C25H26N4O2/c1-31-24-22-10-6-5-9-21(22)19(18-26)17-23(24)25(30)27-11-12-28-13-15-29(16-14-28)20-7-3-2-4-8-20/h2-10,17H,11-16H2,1H3,(H,27,30). The first-order chi connectivity index (χ1) is 15.2. The van der Waals surface area contributed by atoms with E-state index in [0.29, 0.717) is 23.4 Å². The van der Waals surface area contributed by atoms with Crippen molar-refractivity contribution in [1.29, 1.82) is 5.26 Å². The number of carbonyl (C=O) groups excluding carboxylic acids is 1. The number of hydrogen-bond donors (Lipinski definition) is 1. The number of nitriles is 1. The molecule has 3 aromatic rings. The van der Waals surface area contributed by atoms with Gasteiger partial charge in [-0.3, -0.25) is 9.69 Å². The summed E-state index contributed by atoms with van der Waals surface area (Å²) in [7, 11) is 1.55. The van der Waals surface area contributed by atoms with E-state index < -0.39 is 0 Å². The van der Waals surface area contributed by atoms with Crippen LogP contribution in [-0.4, -0.2) is 57.2 Å². The molecule has 158 valence electrons. The summed E-state index contributed by atoms with van der Waals surface area (Å²) >= 11 is 0. The predicted octanol–water partition coefficient (Wildman–Crippen LogP) is 3.27. The van der Waals surface area contributed by atoms with E-state index in [-0.39, 0.29) is 5.91 Å². The Kier molecular flexibility index (Phi) is 6.34. The average molecular weight is 415 g/mol. The van der Waals surface area contributed by atoms with Crippen molar-refractivity contribution >= 4 is 22.4 Å². The van der Waals surface area contributed by atoms with E-state index in [9.17, 15) is 10.1 Å². The van der Waals surface area contributed by atoms with Gasteiger partial charge in [0.25, 0.3) is 5.91 Å². The van der Waals surface area contributed by atoms with Gasteiger partial charge in [0.15, 0.2) is 0 Å². The van der Waals surface area contributed by atoms with Crippen LogP contribution in [0.4, 0.5) is 5.69 Å². The van der Waals surface area contributed by atoms with Crippen molar-refractivity contribution in [3.05, 3.63) is 71.8 Å². The number of benzene rings is 3. The Bertz CT molecular complexity index is 1100. The molecule has 1 aliphatic heterocycles. The fraction of sp³-hybridized carbons (Fsp3) is 0.280. The monoisotopic (exact) mass is 414 g/mol. The van der Waals surface area contributed by atoms with Crippen molar-refractivity contribution in [3.8, 4) is 11.8 Å². The lowest BCUT2D eigenvalue weighted by Gasteiger charge is -2.36. The van der Waals surface area contributed by atoms with E-state index in [4.69, 9.17) is 4.74 Å². The first-order valence-electron chi connectivity index (χ1n) is 10.5. The smallest absolute Gasteiger partial charge is 0.255 e. The summed E-state index contributed by atoms with van der Waals surface area (Å²) in [6, 6.07) is 21.8. The number of rotatable bonds is 6. The van der Waals surface area contributed by atoms with Gasteiger partial charge in [0.05, 0.1) is 24.3 Å². The number of amides is 1. The molecule has 0 saturated carbocycles. The zero-order chi connectivity index (χ0) is 21.6. The molecule has 6 nitrogen and oxygen atoms in total. The second-order valence-electron chi connectivity index (χ2n) is 7.58.